The molecule has 0 spiro atoms. The fourth-order valence-corrected chi connectivity index (χ4v) is 1.92. The minimum absolute atomic E-state index is 0. The number of nitrogens with zero attached hydrogens (tertiary/aromatic N) is 1. The second-order valence-corrected chi connectivity index (χ2v) is 5.46. The van der Waals surface area contributed by atoms with E-state index >= 15 is 0 Å². The molecule has 1 rings (SSSR count). The average molecular weight is 326 g/mol. The van der Waals surface area contributed by atoms with Crippen LogP contribution in [-0.4, -0.2) is 23.9 Å². The Morgan fingerprint density at radius 2 is 1.95 bits per heavy atom. The predicted molar refractivity (Wildman–Crippen MR) is 83.0 cm³/mol. The van der Waals surface area contributed by atoms with Gasteiger partial charge in [0.15, 0.2) is 0 Å². The van der Waals surface area contributed by atoms with E-state index in [4.69, 9.17) is 28.9 Å². The van der Waals surface area contributed by atoms with Gasteiger partial charge in [0.05, 0.1) is 16.1 Å². The summed E-state index contributed by atoms with van der Waals surface area (Å²) < 4.78 is 0. The van der Waals surface area contributed by atoms with Crippen molar-refractivity contribution in [3.63, 3.8) is 0 Å². The first-order valence-electron chi connectivity index (χ1n) is 5.78. The molecular weight excluding hydrogens is 307 g/mol. The molecule has 0 aliphatic carbocycles. The van der Waals surface area contributed by atoms with E-state index in [9.17, 15) is 4.79 Å². The molecule has 0 saturated carbocycles. The van der Waals surface area contributed by atoms with Gasteiger partial charge >= 0.3 is 0 Å². The van der Waals surface area contributed by atoms with Crippen molar-refractivity contribution in [2.45, 2.75) is 26.4 Å². The van der Waals surface area contributed by atoms with Crippen LogP contribution in [0.2, 0.25) is 10.0 Å². The number of likely N-dealkylation sites (N-methyl/N-ethyl adjacent to an activating group) is 1. The molecule has 0 saturated heterocycles. The van der Waals surface area contributed by atoms with Gasteiger partial charge in [0, 0.05) is 13.6 Å². The predicted octanol–water partition coefficient (Wildman–Crippen LogP) is 3.36. The quantitative estimate of drug-likeness (QED) is 0.922. The Balaban J connectivity index is 0.00000324. The molecule has 19 heavy (non-hydrogen) atoms. The van der Waals surface area contributed by atoms with Crippen LogP contribution in [0.15, 0.2) is 18.2 Å². The summed E-state index contributed by atoms with van der Waals surface area (Å²) in [6, 6.07) is 4.88. The molecule has 0 radical (unpaired) electrons. The highest BCUT2D eigenvalue weighted by atomic mass is 35.5. The maximum atomic E-state index is 12.0. The van der Waals surface area contributed by atoms with Crippen molar-refractivity contribution in [1.29, 1.82) is 0 Å². The fraction of sp³-hybridized carbons (Fsp3) is 0.462. The molecule has 1 aromatic rings. The number of nitrogens with two attached hydrogens (primary N) is 1. The van der Waals surface area contributed by atoms with Gasteiger partial charge < -0.3 is 10.6 Å². The minimum Gasteiger partial charge on any atom is -0.340 e. The molecule has 2 N–H and O–H groups in total. The van der Waals surface area contributed by atoms with E-state index in [0.29, 0.717) is 16.6 Å². The number of rotatable bonds is 4. The molecular formula is C13H19Cl3N2O. The van der Waals surface area contributed by atoms with E-state index in [2.05, 4.69) is 0 Å². The van der Waals surface area contributed by atoms with Crippen molar-refractivity contribution in [3.05, 3.63) is 33.8 Å². The van der Waals surface area contributed by atoms with Crippen LogP contribution >= 0.6 is 35.6 Å². The molecule has 0 heterocycles. The summed E-state index contributed by atoms with van der Waals surface area (Å²) in [7, 11) is 1.71. The lowest BCUT2D eigenvalue weighted by Gasteiger charge is -2.24. The smallest absolute Gasteiger partial charge is 0.239 e. The summed E-state index contributed by atoms with van der Waals surface area (Å²) in [6.45, 7) is 4.24. The van der Waals surface area contributed by atoms with Crippen molar-refractivity contribution in [1.82, 2.24) is 4.90 Å². The largest absolute Gasteiger partial charge is 0.340 e. The first kappa shape index (κ1) is 18.5. The first-order valence-corrected chi connectivity index (χ1v) is 6.53. The lowest BCUT2D eigenvalue weighted by atomic mass is 10.0. The van der Waals surface area contributed by atoms with Crippen LogP contribution in [0.25, 0.3) is 0 Å². The summed E-state index contributed by atoms with van der Waals surface area (Å²) >= 11 is 12.0. The van der Waals surface area contributed by atoms with Crippen molar-refractivity contribution >= 4 is 41.5 Å². The van der Waals surface area contributed by atoms with E-state index in [0.717, 1.165) is 5.56 Å². The van der Waals surface area contributed by atoms with Crippen LogP contribution in [0.1, 0.15) is 19.4 Å². The first-order chi connectivity index (χ1) is 8.34. The summed E-state index contributed by atoms with van der Waals surface area (Å²) in [5.74, 6) is 0.0100. The standard InChI is InChI=1S/C13H18Cl2N2O.ClH/c1-8(2)12(16)13(18)17(3)7-9-5-4-6-10(14)11(9)15;/h4-6,8,12H,7,16H2,1-3H3;1H. The Bertz CT molecular complexity index is 438. The topological polar surface area (TPSA) is 46.3 Å². The molecule has 108 valence electrons. The zero-order chi connectivity index (χ0) is 13.9. The molecule has 3 nitrogen and oxygen atoms in total. The number of amides is 1. The minimum atomic E-state index is -0.493. The fourth-order valence-electron chi connectivity index (χ4n) is 1.54. The van der Waals surface area contributed by atoms with Gasteiger partial charge in [-0.25, -0.2) is 0 Å². The Kier molecular flexibility index (Phi) is 7.75. The second kappa shape index (κ2) is 7.95. The Labute approximate surface area is 130 Å². The summed E-state index contributed by atoms with van der Waals surface area (Å²) in [5.41, 5.74) is 6.65. The third kappa shape index (κ3) is 4.84. The Morgan fingerprint density at radius 3 is 2.47 bits per heavy atom. The zero-order valence-corrected chi connectivity index (χ0v) is 13.5. The number of hydrogen-bond donors (Lipinski definition) is 1. The molecule has 0 fully saturated rings. The zero-order valence-electron chi connectivity index (χ0n) is 11.2. The lowest BCUT2D eigenvalue weighted by molar-refractivity contribution is -0.132. The molecule has 0 aliphatic heterocycles. The van der Waals surface area contributed by atoms with Crippen molar-refractivity contribution in [2.24, 2.45) is 11.7 Å². The number of benzene rings is 1. The highest BCUT2D eigenvalue weighted by Gasteiger charge is 2.21. The maximum absolute atomic E-state index is 12.0. The maximum Gasteiger partial charge on any atom is 0.239 e. The van der Waals surface area contributed by atoms with Crippen molar-refractivity contribution < 1.29 is 4.79 Å². The highest BCUT2D eigenvalue weighted by Crippen LogP contribution is 2.26. The van der Waals surface area contributed by atoms with Crippen LogP contribution in [-0.2, 0) is 11.3 Å². The van der Waals surface area contributed by atoms with Gasteiger partial charge in [-0.1, -0.05) is 49.2 Å². The highest BCUT2D eigenvalue weighted by molar-refractivity contribution is 6.42. The van der Waals surface area contributed by atoms with Gasteiger partial charge in [0.2, 0.25) is 5.91 Å². The summed E-state index contributed by atoms with van der Waals surface area (Å²) in [5, 5.41) is 0.972. The molecule has 1 aromatic carbocycles. The molecule has 1 atom stereocenters. The van der Waals surface area contributed by atoms with Crippen molar-refractivity contribution in [2.75, 3.05) is 7.05 Å². The number of carbonyl (C=O) groups excluding carboxylic acids is 1. The molecule has 6 heteroatoms. The Hall–Kier alpha value is -0.480. The van der Waals surface area contributed by atoms with Gasteiger partial charge in [-0.3, -0.25) is 4.79 Å². The lowest BCUT2D eigenvalue weighted by Crippen LogP contribution is -2.44. The third-order valence-electron chi connectivity index (χ3n) is 2.82. The van der Waals surface area contributed by atoms with Gasteiger partial charge in [-0.15, -0.1) is 12.4 Å². The average Bonchev–Trinajstić information content (AvgIpc) is 2.32. The third-order valence-corrected chi connectivity index (χ3v) is 3.68. The Morgan fingerprint density at radius 1 is 1.37 bits per heavy atom. The van der Waals surface area contributed by atoms with Crippen molar-refractivity contribution in [3.8, 4) is 0 Å². The van der Waals surface area contributed by atoms with E-state index in [1.165, 1.54) is 0 Å². The van der Waals surface area contributed by atoms with E-state index in [-0.39, 0.29) is 24.2 Å². The number of halogens is 3. The molecule has 1 unspecified atom stereocenters. The monoisotopic (exact) mass is 324 g/mol. The molecule has 0 aromatic heterocycles. The normalized spacial score (nSPS) is 11.9. The van der Waals surface area contributed by atoms with Crippen LogP contribution in [0.4, 0.5) is 0 Å². The molecule has 0 bridgehead atoms. The summed E-state index contributed by atoms with van der Waals surface area (Å²) in [6.07, 6.45) is 0. The van der Waals surface area contributed by atoms with Gasteiger partial charge in [-0.05, 0) is 17.5 Å². The SMILES string of the molecule is CC(C)C(N)C(=O)N(C)Cc1cccc(Cl)c1Cl.Cl. The van der Waals surface area contributed by atoms with E-state index in [1.807, 2.05) is 26.0 Å². The van der Waals surface area contributed by atoms with Crippen LogP contribution in [0, 0.1) is 5.92 Å². The number of carbonyl (C=O) groups is 1. The second-order valence-electron chi connectivity index (χ2n) is 4.68. The van der Waals surface area contributed by atoms with E-state index < -0.39 is 6.04 Å². The van der Waals surface area contributed by atoms with Gasteiger partial charge in [0.1, 0.15) is 0 Å². The number of hydrogen-bond acceptors (Lipinski definition) is 2. The van der Waals surface area contributed by atoms with Crippen LogP contribution in [0.5, 0.6) is 0 Å². The van der Waals surface area contributed by atoms with Gasteiger partial charge in [-0.2, -0.15) is 0 Å². The summed E-state index contributed by atoms with van der Waals surface area (Å²) in [4.78, 5) is 13.6. The molecule has 1 amide bonds. The molecule has 0 aliphatic rings. The van der Waals surface area contributed by atoms with Crippen LogP contribution < -0.4 is 5.73 Å². The van der Waals surface area contributed by atoms with Crippen LogP contribution in [0.3, 0.4) is 0 Å². The van der Waals surface area contributed by atoms with Gasteiger partial charge in [0.25, 0.3) is 0 Å². The van der Waals surface area contributed by atoms with E-state index in [1.54, 1.807) is 18.0 Å².